The third-order valence-corrected chi connectivity index (χ3v) is 6.03. The molecule has 0 aliphatic carbocycles. The van der Waals surface area contributed by atoms with Gasteiger partial charge in [0.1, 0.15) is 5.60 Å². The predicted molar refractivity (Wildman–Crippen MR) is 137 cm³/mol. The van der Waals surface area contributed by atoms with Crippen LogP contribution in [0.15, 0.2) is 41.4 Å². The number of aromatic nitrogens is 2. The Kier molecular flexibility index (Phi) is 6.42. The maximum absolute atomic E-state index is 16.2. The largest absolute Gasteiger partial charge is 0.444 e. The molecule has 0 spiro atoms. The van der Waals surface area contributed by atoms with Gasteiger partial charge in [-0.2, -0.15) is 0 Å². The van der Waals surface area contributed by atoms with E-state index in [0.717, 1.165) is 0 Å². The van der Waals surface area contributed by atoms with E-state index in [4.69, 9.17) is 16.3 Å². The minimum atomic E-state index is -1.29. The molecule has 0 bridgehead atoms. The zero-order valence-corrected chi connectivity index (χ0v) is 21.7. The number of carbonyl (C=O) groups excluding carboxylic acids is 2. The Balaban J connectivity index is 1.82. The molecule has 190 valence electrons. The molecule has 0 saturated heterocycles. The molecule has 3 aromatic rings. The third kappa shape index (κ3) is 4.73. The van der Waals surface area contributed by atoms with E-state index < -0.39 is 23.1 Å². The second-order valence-electron chi connectivity index (χ2n) is 9.76. The van der Waals surface area contributed by atoms with Gasteiger partial charge in [0.25, 0.3) is 0 Å². The van der Waals surface area contributed by atoms with Crippen molar-refractivity contribution in [3.63, 3.8) is 0 Å². The van der Waals surface area contributed by atoms with Gasteiger partial charge in [0.05, 0.1) is 28.7 Å². The van der Waals surface area contributed by atoms with E-state index in [9.17, 15) is 9.59 Å². The number of imidazole rings is 1. The topological polar surface area (TPSA) is 101 Å². The average molecular weight is 515 g/mol. The fraction of sp³-hybridized carbons (Fsp3) is 0.360. The molecule has 11 heteroatoms. The monoisotopic (exact) mass is 514 g/mol. The van der Waals surface area contributed by atoms with Crippen LogP contribution >= 0.6 is 11.6 Å². The van der Waals surface area contributed by atoms with Gasteiger partial charge >= 0.3 is 6.09 Å². The summed E-state index contributed by atoms with van der Waals surface area (Å²) in [6.45, 7) is 6.82. The van der Waals surface area contributed by atoms with Crippen LogP contribution in [0.5, 0.6) is 0 Å². The smallest absolute Gasteiger partial charge is 0.414 e. The molecular weight excluding hydrogens is 487 g/mol. The van der Waals surface area contributed by atoms with E-state index in [1.54, 1.807) is 75.7 Å². The summed E-state index contributed by atoms with van der Waals surface area (Å²) in [5.41, 5.74) is -0.379. The molecule has 0 radical (unpaired) electrons. The number of halogens is 2. The van der Waals surface area contributed by atoms with Crippen LogP contribution < -0.4 is 10.6 Å². The van der Waals surface area contributed by atoms with E-state index in [0.29, 0.717) is 22.0 Å². The Morgan fingerprint density at radius 3 is 2.64 bits per heavy atom. The molecule has 9 nitrogen and oxygen atoms in total. The molecule has 4 rings (SSSR count). The molecule has 0 unspecified atom stereocenters. The number of alkyl carbamates (subject to hydrolysis) is 1. The standard InChI is InChI=1S/C25H28ClFN6O3/c1-24(2,3)36-23(35)30-22-31-25(4,13-19(34)32(22)6)15-8-7-9-17(20(15)27)33-18-12-14(26)10-11-16(18)29-21(33)28-5/h7-12H,13H2,1-6H3,(H,28,29)(H,30,31,35)/t25-/m0/s1. The Labute approximate surface area is 213 Å². The molecule has 1 aliphatic heterocycles. The fourth-order valence-corrected chi connectivity index (χ4v) is 4.28. The number of guanidine groups is 1. The molecule has 0 fully saturated rings. The molecule has 1 aromatic heterocycles. The van der Waals surface area contributed by atoms with Gasteiger partial charge in [0, 0.05) is 24.7 Å². The first-order valence-corrected chi connectivity index (χ1v) is 11.7. The molecule has 36 heavy (non-hydrogen) atoms. The maximum atomic E-state index is 16.2. The number of ether oxygens (including phenoxy) is 1. The van der Waals surface area contributed by atoms with Gasteiger partial charge in [-0.05, 0) is 52.0 Å². The van der Waals surface area contributed by atoms with Crippen LogP contribution in [0.3, 0.4) is 0 Å². The molecule has 1 atom stereocenters. The van der Waals surface area contributed by atoms with Gasteiger partial charge in [-0.25, -0.2) is 19.2 Å². The van der Waals surface area contributed by atoms with Crippen molar-refractivity contribution in [3.05, 3.63) is 52.8 Å². The minimum absolute atomic E-state index is 0.0245. The number of hydrogen-bond donors (Lipinski definition) is 2. The summed E-state index contributed by atoms with van der Waals surface area (Å²) >= 11 is 6.21. The summed E-state index contributed by atoms with van der Waals surface area (Å²) in [6.07, 6.45) is -0.863. The van der Waals surface area contributed by atoms with Gasteiger partial charge in [-0.3, -0.25) is 19.6 Å². The van der Waals surface area contributed by atoms with Crippen molar-refractivity contribution in [1.29, 1.82) is 0 Å². The Morgan fingerprint density at radius 2 is 1.97 bits per heavy atom. The number of aliphatic imine (C=N–C) groups is 1. The summed E-state index contributed by atoms with van der Waals surface area (Å²) in [4.78, 5) is 35.6. The number of anilines is 1. The number of carbonyl (C=O) groups is 2. The van der Waals surface area contributed by atoms with Crippen LogP contribution in [-0.2, 0) is 15.1 Å². The zero-order valence-electron chi connectivity index (χ0n) is 20.9. The lowest BCUT2D eigenvalue weighted by Gasteiger charge is -2.35. The van der Waals surface area contributed by atoms with Gasteiger partial charge in [0.2, 0.25) is 17.8 Å². The van der Waals surface area contributed by atoms with Crippen molar-refractivity contribution >= 4 is 46.5 Å². The van der Waals surface area contributed by atoms with Gasteiger partial charge < -0.3 is 10.1 Å². The number of benzene rings is 2. The normalized spacial score (nSPS) is 18.3. The van der Waals surface area contributed by atoms with Crippen LogP contribution in [0.25, 0.3) is 16.7 Å². The summed E-state index contributed by atoms with van der Waals surface area (Å²) in [5.74, 6) is -0.514. The summed E-state index contributed by atoms with van der Waals surface area (Å²) in [6, 6.07) is 10.1. The molecule has 2 N–H and O–H groups in total. The molecule has 2 heterocycles. The first-order chi connectivity index (χ1) is 16.8. The number of nitrogens with zero attached hydrogens (tertiary/aromatic N) is 4. The van der Waals surface area contributed by atoms with Crippen molar-refractivity contribution in [2.24, 2.45) is 4.99 Å². The number of amides is 2. The minimum Gasteiger partial charge on any atom is -0.444 e. The van der Waals surface area contributed by atoms with Crippen LogP contribution in [0.2, 0.25) is 5.02 Å². The molecular formula is C25H28ClFN6O3. The molecule has 2 aromatic carbocycles. The molecule has 2 amide bonds. The predicted octanol–water partition coefficient (Wildman–Crippen LogP) is 4.82. The second kappa shape index (κ2) is 9.09. The second-order valence-corrected chi connectivity index (χ2v) is 10.2. The van der Waals surface area contributed by atoms with E-state index >= 15 is 4.39 Å². The van der Waals surface area contributed by atoms with E-state index in [1.165, 1.54) is 11.9 Å². The Hall–Kier alpha value is -3.66. The summed E-state index contributed by atoms with van der Waals surface area (Å²) < 4.78 is 23.2. The van der Waals surface area contributed by atoms with Crippen molar-refractivity contribution in [3.8, 4) is 5.69 Å². The number of fused-ring (bicyclic) bond motifs is 1. The van der Waals surface area contributed by atoms with E-state index in [1.807, 2.05) is 0 Å². The lowest BCUT2D eigenvalue weighted by atomic mass is 9.87. The number of hydrogen-bond acceptors (Lipinski definition) is 6. The van der Waals surface area contributed by atoms with Gasteiger partial charge in [-0.15, -0.1) is 0 Å². The first kappa shape index (κ1) is 25.4. The van der Waals surface area contributed by atoms with E-state index in [-0.39, 0.29) is 29.5 Å². The summed E-state index contributed by atoms with van der Waals surface area (Å²) in [7, 11) is 3.18. The molecule has 1 aliphatic rings. The highest BCUT2D eigenvalue weighted by Gasteiger charge is 2.40. The van der Waals surface area contributed by atoms with Gasteiger partial charge in [-0.1, -0.05) is 23.7 Å². The fourth-order valence-electron chi connectivity index (χ4n) is 4.11. The van der Waals surface area contributed by atoms with E-state index in [2.05, 4.69) is 20.6 Å². The van der Waals surface area contributed by atoms with Crippen molar-refractivity contribution in [2.75, 3.05) is 19.4 Å². The zero-order chi connectivity index (χ0) is 26.4. The quantitative estimate of drug-likeness (QED) is 0.522. The van der Waals surface area contributed by atoms with Crippen LogP contribution in [0, 0.1) is 5.82 Å². The summed E-state index contributed by atoms with van der Waals surface area (Å²) in [5, 5.41) is 6.00. The molecule has 0 saturated carbocycles. The Morgan fingerprint density at radius 1 is 1.25 bits per heavy atom. The van der Waals surface area contributed by atoms with Crippen LogP contribution in [-0.4, -0.2) is 52.1 Å². The number of nitrogens with one attached hydrogen (secondary N) is 2. The number of rotatable bonds is 3. The highest BCUT2D eigenvalue weighted by atomic mass is 35.5. The van der Waals surface area contributed by atoms with Crippen LogP contribution in [0.4, 0.5) is 15.1 Å². The van der Waals surface area contributed by atoms with Crippen molar-refractivity contribution < 1.29 is 18.7 Å². The van der Waals surface area contributed by atoms with Gasteiger partial charge in [0.15, 0.2) is 5.82 Å². The van der Waals surface area contributed by atoms with Crippen LogP contribution in [0.1, 0.15) is 39.7 Å². The maximum Gasteiger partial charge on any atom is 0.414 e. The highest BCUT2D eigenvalue weighted by Crippen LogP contribution is 2.38. The Bertz CT molecular complexity index is 1400. The lowest BCUT2D eigenvalue weighted by Crippen LogP contribution is -2.52. The van der Waals surface area contributed by atoms with Crippen molar-refractivity contribution in [2.45, 2.75) is 45.3 Å². The lowest BCUT2D eigenvalue weighted by molar-refractivity contribution is -0.128. The first-order valence-electron chi connectivity index (χ1n) is 11.3. The SMILES string of the molecule is CNc1nc2ccc(Cl)cc2n1-c1cccc([C@]2(C)CC(=O)N(C)C(NC(=O)OC(C)(C)C)=N2)c1F. The average Bonchev–Trinajstić information content (AvgIpc) is 3.13. The highest BCUT2D eigenvalue weighted by molar-refractivity contribution is 6.31. The van der Waals surface area contributed by atoms with Crippen molar-refractivity contribution in [1.82, 2.24) is 19.8 Å². The third-order valence-electron chi connectivity index (χ3n) is 5.79.